The van der Waals surface area contributed by atoms with Crippen LogP contribution in [0.2, 0.25) is 0 Å². The number of aromatic nitrogens is 2. The number of carbonyl (C=O) groups is 1. The van der Waals surface area contributed by atoms with Crippen molar-refractivity contribution in [1.82, 2.24) is 20.2 Å². The lowest BCUT2D eigenvalue weighted by Crippen LogP contribution is -2.44. The van der Waals surface area contributed by atoms with E-state index in [0.717, 1.165) is 48.2 Å². The summed E-state index contributed by atoms with van der Waals surface area (Å²) in [6, 6.07) is 7.74. The summed E-state index contributed by atoms with van der Waals surface area (Å²) in [6.45, 7) is 8.61. The van der Waals surface area contributed by atoms with Crippen LogP contribution in [0.25, 0.3) is 11.4 Å². The Balaban J connectivity index is 1.65. The van der Waals surface area contributed by atoms with Gasteiger partial charge >= 0.3 is 6.03 Å². The number of rotatable bonds is 4. The summed E-state index contributed by atoms with van der Waals surface area (Å²) in [4.78, 5) is 26.2. The number of carbonyl (C=O) groups excluding carboxylic acids is 1. The first-order valence-electron chi connectivity index (χ1n) is 10.1. The van der Waals surface area contributed by atoms with Crippen molar-refractivity contribution >= 4 is 17.5 Å². The summed E-state index contributed by atoms with van der Waals surface area (Å²) in [5, 5.41) is 5.54. The number of morpholine rings is 1. The molecule has 0 radical (unpaired) electrons. The number of nitrogens with one attached hydrogen (secondary N) is 2. The maximum Gasteiger partial charge on any atom is 0.319 e. The van der Waals surface area contributed by atoms with E-state index in [9.17, 15) is 4.79 Å². The third-order valence-electron chi connectivity index (χ3n) is 5.30. The second-order valence-electron chi connectivity index (χ2n) is 7.65. The summed E-state index contributed by atoms with van der Waals surface area (Å²) in [6.07, 6.45) is 0. The van der Waals surface area contributed by atoms with Gasteiger partial charge in [-0.2, -0.15) is 0 Å². The third-order valence-corrected chi connectivity index (χ3v) is 5.30. The Morgan fingerprint density at radius 3 is 2.76 bits per heavy atom. The van der Waals surface area contributed by atoms with Gasteiger partial charge in [-0.15, -0.1) is 0 Å². The molecule has 0 saturated carbocycles. The monoisotopic (exact) mass is 396 g/mol. The molecule has 1 aromatic carbocycles. The minimum Gasteiger partial charge on any atom is -0.377 e. The highest BCUT2D eigenvalue weighted by Gasteiger charge is 2.29. The van der Waals surface area contributed by atoms with Gasteiger partial charge in [0.15, 0.2) is 5.82 Å². The van der Waals surface area contributed by atoms with Gasteiger partial charge in [0.2, 0.25) is 0 Å². The van der Waals surface area contributed by atoms with Crippen LogP contribution in [0.3, 0.4) is 0 Å². The van der Waals surface area contributed by atoms with Gasteiger partial charge in [-0.05, 0) is 45.2 Å². The van der Waals surface area contributed by atoms with Crippen LogP contribution in [0.5, 0.6) is 0 Å². The Labute approximate surface area is 171 Å². The van der Waals surface area contributed by atoms with Crippen molar-refractivity contribution in [1.29, 1.82) is 0 Å². The predicted octanol–water partition coefficient (Wildman–Crippen LogP) is 2.46. The van der Waals surface area contributed by atoms with Crippen molar-refractivity contribution in [2.24, 2.45) is 0 Å². The first-order chi connectivity index (χ1) is 14.0. The molecule has 1 aromatic heterocycles. The number of urea groups is 1. The van der Waals surface area contributed by atoms with E-state index in [-0.39, 0.29) is 12.1 Å². The minimum atomic E-state index is -0.208. The maximum atomic E-state index is 11.7. The Hall–Kier alpha value is -2.71. The molecule has 0 aliphatic carbocycles. The van der Waals surface area contributed by atoms with Crippen LogP contribution in [0.4, 0.5) is 16.3 Å². The zero-order valence-corrected chi connectivity index (χ0v) is 17.2. The molecule has 2 aliphatic heterocycles. The molecule has 0 spiro atoms. The second kappa shape index (κ2) is 8.34. The second-order valence-corrected chi connectivity index (χ2v) is 7.65. The van der Waals surface area contributed by atoms with Crippen LogP contribution in [-0.4, -0.2) is 60.3 Å². The molecule has 29 heavy (non-hydrogen) atoms. The highest BCUT2D eigenvalue weighted by Crippen LogP contribution is 2.32. The molecule has 2 amide bonds. The van der Waals surface area contributed by atoms with Gasteiger partial charge in [-0.25, -0.2) is 14.8 Å². The number of nitrogens with zero attached hydrogens (tertiary/aromatic N) is 4. The van der Waals surface area contributed by atoms with Gasteiger partial charge in [0.05, 0.1) is 24.9 Å². The average molecular weight is 396 g/mol. The standard InChI is InChI=1S/C21H28N6O2/c1-4-22-21(28)23-16-7-5-15(6-8-16)19-24-18-12-26(3)11-17(18)20(25-19)27-9-10-29-13-14(27)2/h5-8,14H,4,9-13H2,1-3H3,(H2,22,23,28)/t14-/m0/s1. The number of hydrogen-bond acceptors (Lipinski definition) is 6. The number of hydrogen-bond donors (Lipinski definition) is 2. The smallest absolute Gasteiger partial charge is 0.319 e. The molecule has 2 N–H and O–H groups in total. The van der Waals surface area contributed by atoms with Crippen LogP contribution in [0.1, 0.15) is 25.1 Å². The van der Waals surface area contributed by atoms with Crippen LogP contribution >= 0.6 is 0 Å². The molecule has 8 nitrogen and oxygen atoms in total. The van der Waals surface area contributed by atoms with Crippen molar-refractivity contribution < 1.29 is 9.53 Å². The van der Waals surface area contributed by atoms with E-state index < -0.39 is 0 Å². The van der Waals surface area contributed by atoms with E-state index in [0.29, 0.717) is 19.8 Å². The van der Waals surface area contributed by atoms with Gasteiger partial charge in [-0.3, -0.25) is 4.90 Å². The number of amides is 2. The predicted molar refractivity (Wildman–Crippen MR) is 113 cm³/mol. The van der Waals surface area contributed by atoms with E-state index in [4.69, 9.17) is 14.7 Å². The van der Waals surface area contributed by atoms with Crippen molar-refractivity contribution in [2.45, 2.75) is 33.0 Å². The van der Waals surface area contributed by atoms with E-state index in [1.807, 2.05) is 31.2 Å². The van der Waals surface area contributed by atoms with Crippen LogP contribution < -0.4 is 15.5 Å². The van der Waals surface area contributed by atoms with Crippen LogP contribution in [0.15, 0.2) is 24.3 Å². The molecule has 1 atom stereocenters. The van der Waals surface area contributed by atoms with E-state index in [1.54, 1.807) is 0 Å². The molecule has 3 heterocycles. The Kier molecular flexibility index (Phi) is 5.64. The van der Waals surface area contributed by atoms with Gasteiger partial charge in [0.25, 0.3) is 0 Å². The van der Waals surface area contributed by atoms with Gasteiger partial charge < -0.3 is 20.3 Å². The largest absolute Gasteiger partial charge is 0.377 e. The maximum absolute atomic E-state index is 11.7. The number of ether oxygens (including phenoxy) is 1. The molecule has 1 fully saturated rings. The van der Waals surface area contributed by atoms with Crippen LogP contribution in [-0.2, 0) is 17.8 Å². The lowest BCUT2D eigenvalue weighted by Gasteiger charge is -2.35. The van der Waals surface area contributed by atoms with E-state index >= 15 is 0 Å². The van der Waals surface area contributed by atoms with Gasteiger partial charge in [-0.1, -0.05) is 0 Å². The summed E-state index contributed by atoms with van der Waals surface area (Å²) in [5.74, 6) is 1.74. The Morgan fingerprint density at radius 1 is 1.24 bits per heavy atom. The van der Waals surface area contributed by atoms with Crippen molar-refractivity contribution in [2.75, 3.05) is 43.6 Å². The molecule has 4 rings (SSSR count). The summed E-state index contributed by atoms with van der Waals surface area (Å²) in [7, 11) is 2.11. The number of benzene rings is 1. The Morgan fingerprint density at radius 2 is 2.03 bits per heavy atom. The molecule has 0 unspecified atom stereocenters. The van der Waals surface area contributed by atoms with Gasteiger partial charge in [0, 0.05) is 43.0 Å². The molecular formula is C21H28N6O2. The summed E-state index contributed by atoms with van der Waals surface area (Å²) < 4.78 is 5.62. The highest BCUT2D eigenvalue weighted by molar-refractivity contribution is 5.89. The van der Waals surface area contributed by atoms with Gasteiger partial charge in [0.1, 0.15) is 5.82 Å². The third kappa shape index (κ3) is 4.18. The number of anilines is 2. The van der Waals surface area contributed by atoms with Crippen molar-refractivity contribution in [3.8, 4) is 11.4 Å². The lowest BCUT2D eigenvalue weighted by atomic mass is 10.1. The summed E-state index contributed by atoms with van der Waals surface area (Å²) >= 11 is 0. The molecule has 1 saturated heterocycles. The van der Waals surface area contributed by atoms with E-state index in [1.165, 1.54) is 5.56 Å². The first-order valence-corrected chi connectivity index (χ1v) is 10.1. The molecule has 2 aromatic rings. The molecule has 2 aliphatic rings. The molecule has 154 valence electrons. The Bertz CT molecular complexity index is 885. The van der Waals surface area contributed by atoms with E-state index in [2.05, 4.69) is 34.4 Å². The zero-order chi connectivity index (χ0) is 20.4. The normalized spacial score (nSPS) is 19.1. The fourth-order valence-corrected chi connectivity index (χ4v) is 3.84. The van der Waals surface area contributed by atoms with Crippen LogP contribution in [0, 0.1) is 0 Å². The first kappa shape index (κ1) is 19.6. The highest BCUT2D eigenvalue weighted by atomic mass is 16.5. The van der Waals surface area contributed by atoms with Crippen molar-refractivity contribution in [3.63, 3.8) is 0 Å². The molecule has 0 bridgehead atoms. The molecule has 8 heteroatoms. The molecular weight excluding hydrogens is 368 g/mol. The summed E-state index contributed by atoms with van der Waals surface area (Å²) in [5.41, 5.74) is 3.99. The van der Waals surface area contributed by atoms with Crippen molar-refractivity contribution in [3.05, 3.63) is 35.5 Å². The fourth-order valence-electron chi connectivity index (χ4n) is 3.84. The zero-order valence-electron chi connectivity index (χ0n) is 17.2. The topological polar surface area (TPSA) is 82.6 Å². The fraction of sp³-hybridized carbons (Fsp3) is 0.476. The SMILES string of the molecule is CCNC(=O)Nc1ccc(-c2nc3c(c(N4CCOC[C@@H]4C)n2)CN(C)C3)cc1. The quantitative estimate of drug-likeness (QED) is 0.826. The average Bonchev–Trinajstić information content (AvgIpc) is 3.08. The number of fused-ring (bicyclic) bond motifs is 1. The lowest BCUT2D eigenvalue weighted by molar-refractivity contribution is 0.0984. The minimum absolute atomic E-state index is 0.208.